The zero-order valence-corrected chi connectivity index (χ0v) is 18.5. The van der Waals surface area contributed by atoms with Gasteiger partial charge in [0.15, 0.2) is 0 Å². The van der Waals surface area contributed by atoms with Crippen LogP contribution in [0.25, 0.3) is 10.6 Å². The third-order valence-corrected chi connectivity index (χ3v) is 5.95. The van der Waals surface area contributed by atoms with Crippen LogP contribution in [-0.4, -0.2) is 35.3 Å². The molecule has 1 aromatic heterocycles. The lowest BCUT2D eigenvalue weighted by atomic mass is 10.1. The smallest absolute Gasteiger partial charge is 0.266 e. The van der Waals surface area contributed by atoms with Crippen LogP contribution < -0.4 is 5.32 Å². The quantitative estimate of drug-likeness (QED) is 0.633. The lowest BCUT2D eigenvalue weighted by molar-refractivity contribution is -0.116. The summed E-state index contributed by atoms with van der Waals surface area (Å²) >= 11 is 1.24. The lowest BCUT2D eigenvalue weighted by Gasteiger charge is -2.18. The second-order valence-corrected chi connectivity index (χ2v) is 8.42. The van der Waals surface area contributed by atoms with E-state index in [9.17, 15) is 14.0 Å². The second kappa shape index (κ2) is 8.75. The minimum absolute atomic E-state index is 0.0746. The number of benzene rings is 2. The van der Waals surface area contributed by atoms with Crippen LogP contribution in [0, 0.1) is 33.5 Å². The Labute approximate surface area is 179 Å². The first kappa shape index (κ1) is 21.6. The van der Waals surface area contributed by atoms with Gasteiger partial charge in [-0.2, -0.15) is 0 Å². The SMILES string of the molecule is Cc1cc(C)c(NC(=O)CN(C)C(=O)c2sc(-c3ccc(F)cc3)nc2C)c(C)c1. The van der Waals surface area contributed by atoms with Crippen molar-refractivity contribution in [3.05, 3.63) is 69.5 Å². The Kier molecular flexibility index (Phi) is 6.31. The van der Waals surface area contributed by atoms with Crippen molar-refractivity contribution >= 4 is 28.8 Å². The van der Waals surface area contributed by atoms with E-state index >= 15 is 0 Å². The predicted octanol–water partition coefficient (Wildman–Crippen LogP) is 4.89. The number of rotatable bonds is 5. The molecule has 0 aliphatic heterocycles. The van der Waals surface area contributed by atoms with Gasteiger partial charge in [-0.05, 0) is 63.1 Å². The summed E-state index contributed by atoms with van der Waals surface area (Å²) < 4.78 is 13.2. The molecule has 156 valence electrons. The van der Waals surface area contributed by atoms with E-state index in [-0.39, 0.29) is 24.2 Å². The third kappa shape index (κ3) is 4.74. The first-order chi connectivity index (χ1) is 14.2. The number of likely N-dealkylation sites (N-methyl/N-ethyl adjacent to an activating group) is 1. The van der Waals surface area contributed by atoms with Crippen molar-refractivity contribution < 1.29 is 14.0 Å². The van der Waals surface area contributed by atoms with E-state index in [1.165, 1.54) is 28.4 Å². The fourth-order valence-electron chi connectivity index (χ4n) is 3.33. The number of carbonyl (C=O) groups is 2. The molecule has 0 fully saturated rings. The molecule has 0 aliphatic carbocycles. The third-order valence-electron chi connectivity index (χ3n) is 4.75. The topological polar surface area (TPSA) is 62.3 Å². The van der Waals surface area contributed by atoms with E-state index in [0.29, 0.717) is 15.6 Å². The van der Waals surface area contributed by atoms with Crippen molar-refractivity contribution in [1.29, 1.82) is 0 Å². The molecule has 30 heavy (non-hydrogen) atoms. The normalized spacial score (nSPS) is 10.7. The van der Waals surface area contributed by atoms with Crippen molar-refractivity contribution in [3.63, 3.8) is 0 Å². The number of nitrogens with zero attached hydrogens (tertiary/aromatic N) is 2. The molecule has 7 heteroatoms. The number of carbonyl (C=O) groups excluding carboxylic acids is 2. The molecule has 2 amide bonds. The van der Waals surface area contributed by atoms with Crippen molar-refractivity contribution in [3.8, 4) is 10.6 Å². The maximum absolute atomic E-state index is 13.2. The van der Waals surface area contributed by atoms with Gasteiger partial charge in [-0.15, -0.1) is 11.3 Å². The molecule has 3 rings (SSSR count). The predicted molar refractivity (Wildman–Crippen MR) is 118 cm³/mol. The van der Waals surface area contributed by atoms with E-state index in [0.717, 1.165) is 27.9 Å². The highest BCUT2D eigenvalue weighted by Crippen LogP contribution is 2.29. The Morgan fingerprint density at radius 2 is 1.67 bits per heavy atom. The first-order valence-corrected chi connectivity index (χ1v) is 10.3. The number of aromatic nitrogens is 1. The molecular weight excluding hydrogens is 401 g/mol. The van der Waals surface area contributed by atoms with Crippen LogP contribution in [0.15, 0.2) is 36.4 Å². The molecule has 0 unspecified atom stereocenters. The number of amides is 2. The van der Waals surface area contributed by atoms with Gasteiger partial charge in [0.05, 0.1) is 12.2 Å². The molecule has 0 saturated heterocycles. The number of halogens is 1. The summed E-state index contributed by atoms with van der Waals surface area (Å²) in [5.74, 6) is -0.860. The highest BCUT2D eigenvalue weighted by atomic mass is 32.1. The largest absolute Gasteiger partial charge is 0.332 e. The molecule has 0 bridgehead atoms. The maximum atomic E-state index is 13.2. The highest BCUT2D eigenvalue weighted by molar-refractivity contribution is 7.17. The molecule has 3 aromatic rings. The van der Waals surface area contributed by atoms with E-state index in [4.69, 9.17) is 0 Å². The Morgan fingerprint density at radius 3 is 2.27 bits per heavy atom. The fraction of sp³-hybridized carbons (Fsp3) is 0.261. The first-order valence-electron chi connectivity index (χ1n) is 9.52. The van der Waals surface area contributed by atoms with Crippen molar-refractivity contribution in [1.82, 2.24) is 9.88 Å². The summed E-state index contributed by atoms with van der Waals surface area (Å²) in [4.78, 5) is 31.7. The summed E-state index contributed by atoms with van der Waals surface area (Å²) in [6.07, 6.45) is 0. The van der Waals surface area contributed by atoms with Crippen LogP contribution >= 0.6 is 11.3 Å². The van der Waals surface area contributed by atoms with Gasteiger partial charge in [-0.1, -0.05) is 17.7 Å². The second-order valence-electron chi connectivity index (χ2n) is 7.42. The van der Waals surface area contributed by atoms with Gasteiger partial charge in [0.2, 0.25) is 5.91 Å². The van der Waals surface area contributed by atoms with Crippen LogP contribution in [0.2, 0.25) is 0 Å². The number of aryl methyl sites for hydroxylation is 4. The van der Waals surface area contributed by atoms with Crippen LogP contribution in [0.5, 0.6) is 0 Å². The van der Waals surface area contributed by atoms with Gasteiger partial charge >= 0.3 is 0 Å². The summed E-state index contributed by atoms with van der Waals surface area (Å²) in [7, 11) is 1.59. The van der Waals surface area contributed by atoms with Crippen LogP contribution in [0.1, 0.15) is 32.1 Å². The molecule has 1 heterocycles. The van der Waals surface area contributed by atoms with Gasteiger partial charge in [-0.3, -0.25) is 9.59 Å². The van der Waals surface area contributed by atoms with Crippen molar-refractivity contribution in [2.45, 2.75) is 27.7 Å². The van der Waals surface area contributed by atoms with Crippen molar-refractivity contribution in [2.24, 2.45) is 0 Å². The summed E-state index contributed by atoms with van der Waals surface area (Å²) in [6, 6.07) is 10.00. The molecule has 0 spiro atoms. The number of hydrogen-bond acceptors (Lipinski definition) is 4. The van der Waals surface area contributed by atoms with E-state index in [2.05, 4.69) is 10.3 Å². The molecule has 0 aliphatic rings. The van der Waals surface area contributed by atoms with Crippen LogP contribution in [0.4, 0.5) is 10.1 Å². The van der Waals surface area contributed by atoms with Crippen LogP contribution in [0.3, 0.4) is 0 Å². The van der Waals surface area contributed by atoms with Crippen LogP contribution in [-0.2, 0) is 4.79 Å². The highest BCUT2D eigenvalue weighted by Gasteiger charge is 2.21. The molecule has 2 aromatic carbocycles. The Hall–Kier alpha value is -3.06. The van der Waals surface area contributed by atoms with E-state index in [1.807, 2.05) is 32.9 Å². The summed E-state index contributed by atoms with van der Waals surface area (Å²) in [5, 5.41) is 3.55. The Morgan fingerprint density at radius 1 is 1.07 bits per heavy atom. The molecular formula is C23H24FN3O2S. The maximum Gasteiger partial charge on any atom is 0.266 e. The van der Waals surface area contributed by atoms with Gasteiger partial charge in [0.25, 0.3) is 5.91 Å². The average Bonchev–Trinajstić information content (AvgIpc) is 3.06. The molecule has 0 radical (unpaired) electrons. The number of nitrogens with one attached hydrogen (secondary N) is 1. The average molecular weight is 426 g/mol. The molecule has 1 N–H and O–H groups in total. The van der Waals surface area contributed by atoms with E-state index < -0.39 is 0 Å². The zero-order chi connectivity index (χ0) is 22.0. The number of anilines is 1. The fourth-order valence-corrected chi connectivity index (χ4v) is 4.39. The van der Waals surface area contributed by atoms with Gasteiger partial charge in [0, 0.05) is 18.3 Å². The van der Waals surface area contributed by atoms with Crippen molar-refractivity contribution in [2.75, 3.05) is 18.9 Å². The Bertz CT molecular complexity index is 1080. The van der Waals surface area contributed by atoms with E-state index in [1.54, 1.807) is 26.1 Å². The minimum Gasteiger partial charge on any atom is -0.332 e. The summed E-state index contributed by atoms with van der Waals surface area (Å²) in [6.45, 7) is 7.58. The summed E-state index contributed by atoms with van der Waals surface area (Å²) in [5.41, 5.74) is 5.21. The molecule has 0 atom stereocenters. The lowest BCUT2D eigenvalue weighted by Crippen LogP contribution is -2.35. The monoisotopic (exact) mass is 425 g/mol. The minimum atomic E-state index is -0.326. The van der Waals surface area contributed by atoms with Gasteiger partial charge in [-0.25, -0.2) is 9.37 Å². The molecule has 5 nitrogen and oxygen atoms in total. The zero-order valence-electron chi connectivity index (χ0n) is 17.7. The molecule has 0 saturated carbocycles. The van der Waals surface area contributed by atoms with Gasteiger partial charge < -0.3 is 10.2 Å². The number of thiazole rings is 1. The number of hydrogen-bond donors (Lipinski definition) is 1. The van der Waals surface area contributed by atoms with Gasteiger partial charge in [0.1, 0.15) is 15.7 Å². The Balaban J connectivity index is 1.72. The standard InChI is InChI=1S/C23H24FN3O2S/c1-13-10-14(2)20(15(3)11-13)26-19(28)12-27(5)23(29)21-16(4)25-22(30-21)17-6-8-18(24)9-7-17/h6-11H,12H2,1-5H3,(H,26,28).